The molecule has 1 aromatic carbocycles. The molecule has 0 saturated heterocycles. The Hall–Kier alpha value is -0.220. The van der Waals surface area contributed by atoms with Crippen molar-refractivity contribution in [3.05, 3.63) is 33.5 Å². The van der Waals surface area contributed by atoms with Crippen LogP contribution in [0.25, 0.3) is 0 Å². The summed E-state index contributed by atoms with van der Waals surface area (Å²) in [5, 5.41) is 0.256. The van der Waals surface area contributed by atoms with E-state index >= 15 is 0 Å². The van der Waals surface area contributed by atoms with Crippen LogP contribution in [0.5, 0.6) is 0 Å². The summed E-state index contributed by atoms with van der Waals surface area (Å²) in [5.41, 5.74) is 1.19. The van der Waals surface area contributed by atoms with Gasteiger partial charge in [-0.3, -0.25) is 4.79 Å². The third-order valence-corrected chi connectivity index (χ3v) is 3.24. The molecular weight excluding hydrogens is 303 g/mol. The highest BCUT2D eigenvalue weighted by Gasteiger charge is 2.12. The molecule has 0 atom stereocenters. The van der Waals surface area contributed by atoms with Gasteiger partial charge < -0.3 is 0 Å². The minimum atomic E-state index is -0.344. The number of carbonyl (C=O) groups excluding carboxylic acids is 1. The maximum atomic E-state index is 13.0. The first-order chi connectivity index (χ1) is 6.07. The molecular formula is C9H7Br2FO. The van der Waals surface area contributed by atoms with E-state index in [2.05, 4.69) is 31.9 Å². The lowest BCUT2D eigenvalue weighted by atomic mass is 10.1. The smallest absolute Gasteiger partial charge is 0.173 e. The van der Waals surface area contributed by atoms with Gasteiger partial charge >= 0.3 is 0 Å². The molecule has 0 aliphatic rings. The largest absolute Gasteiger partial charge is 0.293 e. The van der Waals surface area contributed by atoms with Gasteiger partial charge in [-0.25, -0.2) is 4.39 Å². The fourth-order valence-corrected chi connectivity index (χ4v) is 1.67. The summed E-state index contributed by atoms with van der Waals surface area (Å²) < 4.78 is 13.3. The highest BCUT2D eigenvalue weighted by Crippen LogP contribution is 2.23. The van der Waals surface area contributed by atoms with Gasteiger partial charge in [-0.1, -0.05) is 15.9 Å². The lowest BCUT2D eigenvalue weighted by Gasteiger charge is -2.05. The van der Waals surface area contributed by atoms with Crippen molar-refractivity contribution in [1.82, 2.24) is 0 Å². The second-order valence-corrected chi connectivity index (χ2v) is 3.94. The van der Waals surface area contributed by atoms with Crippen LogP contribution in [0.15, 0.2) is 16.6 Å². The summed E-state index contributed by atoms with van der Waals surface area (Å²) in [7, 11) is 0. The zero-order valence-electron chi connectivity index (χ0n) is 6.90. The van der Waals surface area contributed by atoms with Crippen molar-refractivity contribution in [3.8, 4) is 0 Å². The number of hydrogen-bond acceptors (Lipinski definition) is 1. The molecule has 0 spiro atoms. The van der Waals surface area contributed by atoms with Crippen molar-refractivity contribution in [2.24, 2.45) is 0 Å². The maximum Gasteiger partial charge on any atom is 0.173 e. The first-order valence-corrected chi connectivity index (χ1v) is 5.53. The third kappa shape index (κ3) is 2.17. The van der Waals surface area contributed by atoms with E-state index in [4.69, 9.17) is 0 Å². The van der Waals surface area contributed by atoms with Gasteiger partial charge in [0.05, 0.1) is 9.80 Å². The molecule has 70 valence electrons. The molecule has 1 nitrogen and oxygen atoms in total. The molecule has 1 aromatic rings. The van der Waals surface area contributed by atoms with Crippen molar-refractivity contribution in [2.75, 3.05) is 5.33 Å². The van der Waals surface area contributed by atoms with Gasteiger partial charge in [-0.2, -0.15) is 0 Å². The Balaban J connectivity index is 3.26. The van der Waals surface area contributed by atoms with Gasteiger partial charge in [0.2, 0.25) is 0 Å². The Morgan fingerprint density at radius 2 is 2.15 bits per heavy atom. The first-order valence-electron chi connectivity index (χ1n) is 3.61. The second kappa shape index (κ2) is 4.33. The van der Waals surface area contributed by atoms with Crippen LogP contribution in [0.1, 0.15) is 15.9 Å². The lowest BCUT2D eigenvalue weighted by Crippen LogP contribution is -2.03. The molecule has 0 heterocycles. The Morgan fingerprint density at radius 3 is 2.69 bits per heavy atom. The fraction of sp³-hybridized carbons (Fsp3) is 0.222. The van der Waals surface area contributed by atoms with E-state index < -0.39 is 0 Å². The van der Waals surface area contributed by atoms with Crippen LogP contribution < -0.4 is 0 Å². The van der Waals surface area contributed by atoms with Crippen molar-refractivity contribution in [1.29, 1.82) is 0 Å². The van der Waals surface area contributed by atoms with E-state index in [0.29, 0.717) is 15.6 Å². The lowest BCUT2D eigenvalue weighted by molar-refractivity contribution is 0.102. The minimum Gasteiger partial charge on any atom is -0.293 e. The summed E-state index contributed by atoms with van der Waals surface area (Å²) in [4.78, 5) is 11.3. The van der Waals surface area contributed by atoms with Crippen LogP contribution >= 0.6 is 31.9 Å². The molecule has 13 heavy (non-hydrogen) atoms. The second-order valence-electron chi connectivity index (χ2n) is 2.59. The van der Waals surface area contributed by atoms with E-state index in [1.54, 1.807) is 6.92 Å². The number of rotatable bonds is 2. The highest BCUT2D eigenvalue weighted by atomic mass is 79.9. The minimum absolute atomic E-state index is 0.0433. The predicted molar refractivity (Wildman–Crippen MR) is 57.0 cm³/mol. The Bertz CT molecular complexity index is 350. The average molecular weight is 310 g/mol. The number of Topliss-reactive ketones (excluding diaryl/α,β-unsaturated/α-hetero) is 1. The SMILES string of the molecule is Cc1c(C(=O)CBr)ccc(F)c1Br. The Morgan fingerprint density at radius 1 is 1.54 bits per heavy atom. The predicted octanol–water partition coefficient (Wildman–Crippen LogP) is 3.47. The molecule has 0 N–H and O–H groups in total. The van der Waals surface area contributed by atoms with Gasteiger partial charge in [0.25, 0.3) is 0 Å². The zero-order chi connectivity index (χ0) is 10.0. The van der Waals surface area contributed by atoms with E-state index in [-0.39, 0.29) is 16.9 Å². The molecule has 0 saturated carbocycles. The summed E-state index contributed by atoms with van der Waals surface area (Å²) >= 11 is 6.16. The van der Waals surface area contributed by atoms with Crippen LogP contribution in [-0.2, 0) is 0 Å². The van der Waals surface area contributed by atoms with Crippen molar-refractivity contribution in [3.63, 3.8) is 0 Å². The van der Waals surface area contributed by atoms with E-state index in [0.717, 1.165) is 0 Å². The highest BCUT2D eigenvalue weighted by molar-refractivity contribution is 9.10. The third-order valence-electron chi connectivity index (χ3n) is 1.76. The molecule has 0 aliphatic carbocycles. The van der Waals surface area contributed by atoms with E-state index in [1.807, 2.05) is 0 Å². The average Bonchev–Trinajstić information content (AvgIpc) is 2.13. The standard InChI is InChI=1S/C9H7Br2FO/c1-5-6(8(13)4-10)2-3-7(12)9(5)11/h2-3H,4H2,1H3. The van der Waals surface area contributed by atoms with Crippen molar-refractivity contribution < 1.29 is 9.18 Å². The quantitative estimate of drug-likeness (QED) is 0.604. The van der Waals surface area contributed by atoms with Crippen LogP contribution in [0, 0.1) is 12.7 Å². The summed E-state index contributed by atoms with van der Waals surface area (Å²) in [5.74, 6) is -0.387. The molecule has 0 aliphatic heterocycles. The molecule has 0 aromatic heterocycles. The zero-order valence-corrected chi connectivity index (χ0v) is 10.1. The molecule has 0 unspecified atom stereocenters. The topological polar surface area (TPSA) is 17.1 Å². The molecule has 0 amide bonds. The van der Waals surface area contributed by atoms with Gasteiger partial charge in [0.15, 0.2) is 5.78 Å². The number of benzene rings is 1. The van der Waals surface area contributed by atoms with Crippen molar-refractivity contribution in [2.45, 2.75) is 6.92 Å². The number of halogens is 3. The van der Waals surface area contributed by atoms with Crippen molar-refractivity contribution >= 4 is 37.6 Å². The van der Waals surface area contributed by atoms with Gasteiger partial charge in [0, 0.05) is 5.56 Å². The maximum absolute atomic E-state index is 13.0. The molecule has 0 radical (unpaired) electrons. The molecule has 4 heteroatoms. The number of carbonyl (C=O) groups is 1. The fourth-order valence-electron chi connectivity index (χ4n) is 1.03. The summed E-state index contributed by atoms with van der Waals surface area (Å²) in [6.45, 7) is 1.71. The Kier molecular flexibility index (Phi) is 3.62. The number of hydrogen-bond donors (Lipinski definition) is 0. The molecule has 1 rings (SSSR count). The van der Waals surface area contributed by atoms with Crippen LogP contribution in [0.3, 0.4) is 0 Å². The number of alkyl halides is 1. The van der Waals surface area contributed by atoms with Gasteiger partial charge in [-0.05, 0) is 40.5 Å². The normalized spacial score (nSPS) is 10.2. The van der Waals surface area contributed by atoms with Crippen LogP contribution in [-0.4, -0.2) is 11.1 Å². The summed E-state index contributed by atoms with van der Waals surface area (Å²) in [6.07, 6.45) is 0. The Labute approximate surface area is 92.6 Å². The molecule has 0 fully saturated rings. The van der Waals surface area contributed by atoms with Gasteiger partial charge in [-0.15, -0.1) is 0 Å². The first kappa shape index (κ1) is 10.9. The monoisotopic (exact) mass is 308 g/mol. The van der Waals surface area contributed by atoms with E-state index in [1.165, 1.54) is 12.1 Å². The summed E-state index contributed by atoms with van der Waals surface area (Å²) in [6, 6.07) is 2.78. The molecule has 0 bridgehead atoms. The van der Waals surface area contributed by atoms with Crippen LogP contribution in [0.4, 0.5) is 4.39 Å². The van der Waals surface area contributed by atoms with E-state index in [9.17, 15) is 9.18 Å². The van der Waals surface area contributed by atoms with Gasteiger partial charge in [0.1, 0.15) is 5.82 Å². The van der Waals surface area contributed by atoms with Crippen LogP contribution in [0.2, 0.25) is 0 Å². The number of ketones is 1.